The molecule has 0 radical (unpaired) electrons. The van der Waals surface area contributed by atoms with E-state index in [1.807, 2.05) is 41.5 Å². The Labute approximate surface area is 115 Å². The third-order valence-corrected chi connectivity index (χ3v) is 3.13. The summed E-state index contributed by atoms with van der Waals surface area (Å²) < 4.78 is 0. The van der Waals surface area contributed by atoms with Gasteiger partial charge in [0, 0.05) is 12.4 Å². The Kier molecular flexibility index (Phi) is 3.99. The standard InChI is InChI=1S/C16H24O3/c1-15(2,3)11-7-10(9-13(17)18)8-12(14(11)19)16(4,5)6/h7-8,19H,9H2,1-6H3,(H,17,18)/p-1. The van der Waals surface area contributed by atoms with E-state index >= 15 is 0 Å². The van der Waals surface area contributed by atoms with E-state index in [0.717, 1.165) is 11.1 Å². The third kappa shape index (κ3) is 3.72. The Morgan fingerprint density at radius 3 is 1.68 bits per heavy atom. The number of carbonyl (C=O) groups is 1. The van der Waals surface area contributed by atoms with Gasteiger partial charge in [0.15, 0.2) is 0 Å². The molecule has 1 rings (SSSR count). The average Bonchev–Trinajstić information content (AvgIpc) is 2.16. The highest BCUT2D eigenvalue weighted by molar-refractivity contribution is 5.69. The summed E-state index contributed by atoms with van der Waals surface area (Å²) in [6.45, 7) is 12.0. The molecule has 0 heterocycles. The van der Waals surface area contributed by atoms with E-state index in [-0.39, 0.29) is 23.0 Å². The number of aromatic hydroxyl groups is 1. The monoisotopic (exact) mass is 263 g/mol. The average molecular weight is 263 g/mol. The molecule has 0 aliphatic carbocycles. The lowest BCUT2D eigenvalue weighted by Gasteiger charge is -2.28. The third-order valence-electron chi connectivity index (χ3n) is 3.13. The van der Waals surface area contributed by atoms with Crippen molar-refractivity contribution >= 4 is 5.97 Å². The predicted octanol–water partition coefficient (Wildman–Crippen LogP) is 2.28. The fourth-order valence-electron chi connectivity index (χ4n) is 2.11. The largest absolute Gasteiger partial charge is 0.550 e. The fraction of sp³-hybridized carbons (Fsp3) is 0.562. The van der Waals surface area contributed by atoms with E-state index in [9.17, 15) is 15.0 Å². The second kappa shape index (κ2) is 4.87. The highest BCUT2D eigenvalue weighted by Crippen LogP contribution is 2.39. The van der Waals surface area contributed by atoms with Crippen LogP contribution in [0.1, 0.15) is 58.2 Å². The Morgan fingerprint density at radius 1 is 1.05 bits per heavy atom. The van der Waals surface area contributed by atoms with Gasteiger partial charge in [-0.05, 0) is 27.5 Å². The zero-order chi connectivity index (χ0) is 15.0. The molecule has 0 saturated carbocycles. The summed E-state index contributed by atoms with van der Waals surface area (Å²) in [4.78, 5) is 10.8. The molecule has 0 amide bonds. The molecular formula is C16H23O3-. The second-order valence-corrected chi connectivity index (χ2v) is 7.09. The highest BCUT2D eigenvalue weighted by Gasteiger charge is 2.26. The Hall–Kier alpha value is -1.51. The van der Waals surface area contributed by atoms with Gasteiger partial charge in [-0.2, -0.15) is 0 Å². The van der Waals surface area contributed by atoms with Crippen LogP contribution in [0.2, 0.25) is 0 Å². The van der Waals surface area contributed by atoms with Gasteiger partial charge in [0.25, 0.3) is 0 Å². The summed E-state index contributed by atoms with van der Waals surface area (Å²) in [6, 6.07) is 3.53. The Morgan fingerprint density at radius 2 is 1.42 bits per heavy atom. The molecule has 3 nitrogen and oxygen atoms in total. The maximum Gasteiger partial charge on any atom is 0.123 e. The lowest BCUT2D eigenvalue weighted by Crippen LogP contribution is -2.25. The smallest absolute Gasteiger partial charge is 0.123 e. The summed E-state index contributed by atoms with van der Waals surface area (Å²) in [5.41, 5.74) is 1.73. The molecular weight excluding hydrogens is 240 g/mol. The number of benzene rings is 1. The van der Waals surface area contributed by atoms with Crippen molar-refractivity contribution in [3.05, 3.63) is 28.8 Å². The van der Waals surface area contributed by atoms with Crippen LogP contribution in [0.25, 0.3) is 0 Å². The normalized spacial score (nSPS) is 12.5. The van der Waals surface area contributed by atoms with Crippen LogP contribution in [-0.4, -0.2) is 11.1 Å². The molecule has 1 aromatic rings. The SMILES string of the molecule is CC(C)(C)c1cc(CC(=O)[O-])cc(C(C)(C)C)c1O. The summed E-state index contributed by atoms with van der Waals surface area (Å²) in [5, 5.41) is 21.3. The van der Waals surface area contributed by atoms with Crippen molar-refractivity contribution < 1.29 is 15.0 Å². The predicted molar refractivity (Wildman–Crippen MR) is 74.2 cm³/mol. The number of carboxylic acid groups (broad SMARTS) is 1. The van der Waals surface area contributed by atoms with Gasteiger partial charge in [-0.1, -0.05) is 53.7 Å². The second-order valence-electron chi connectivity index (χ2n) is 7.09. The number of hydrogen-bond donors (Lipinski definition) is 1. The maximum absolute atomic E-state index is 10.8. The first kappa shape index (κ1) is 15.5. The van der Waals surface area contributed by atoms with Gasteiger partial charge in [0.1, 0.15) is 5.75 Å². The maximum atomic E-state index is 10.8. The number of aliphatic carboxylic acids is 1. The van der Waals surface area contributed by atoms with Crippen molar-refractivity contribution in [1.29, 1.82) is 0 Å². The van der Waals surface area contributed by atoms with Crippen molar-refractivity contribution in [3.63, 3.8) is 0 Å². The van der Waals surface area contributed by atoms with E-state index in [2.05, 4.69) is 0 Å². The van der Waals surface area contributed by atoms with E-state index in [1.165, 1.54) is 0 Å². The van der Waals surface area contributed by atoms with E-state index in [0.29, 0.717) is 5.56 Å². The summed E-state index contributed by atoms with van der Waals surface area (Å²) in [5.74, 6) is -0.840. The van der Waals surface area contributed by atoms with Crippen molar-refractivity contribution in [2.45, 2.75) is 58.8 Å². The lowest BCUT2D eigenvalue weighted by molar-refractivity contribution is -0.304. The van der Waals surface area contributed by atoms with Crippen LogP contribution in [0.5, 0.6) is 5.75 Å². The van der Waals surface area contributed by atoms with Crippen molar-refractivity contribution in [2.24, 2.45) is 0 Å². The number of phenols is 1. The molecule has 0 spiro atoms. The van der Waals surface area contributed by atoms with Crippen LogP contribution < -0.4 is 5.11 Å². The molecule has 106 valence electrons. The minimum atomic E-state index is -1.11. The van der Waals surface area contributed by atoms with Crippen LogP contribution in [0, 0.1) is 0 Å². The van der Waals surface area contributed by atoms with Crippen molar-refractivity contribution in [2.75, 3.05) is 0 Å². The number of carboxylic acids is 1. The van der Waals surface area contributed by atoms with Crippen LogP contribution in [-0.2, 0) is 22.0 Å². The molecule has 1 aromatic carbocycles. The molecule has 0 aromatic heterocycles. The molecule has 0 atom stereocenters. The quantitative estimate of drug-likeness (QED) is 0.890. The molecule has 0 bridgehead atoms. The topological polar surface area (TPSA) is 60.4 Å². The molecule has 19 heavy (non-hydrogen) atoms. The first-order valence-electron chi connectivity index (χ1n) is 6.49. The molecule has 0 unspecified atom stereocenters. The van der Waals surface area contributed by atoms with Gasteiger partial charge < -0.3 is 15.0 Å². The number of carbonyl (C=O) groups excluding carboxylic acids is 1. The molecule has 0 aliphatic heterocycles. The molecule has 0 fully saturated rings. The Bertz CT molecular complexity index is 453. The number of phenolic OH excluding ortho intramolecular Hbond substituents is 1. The zero-order valence-corrected chi connectivity index (χ0v) is 12.6. The molecule has 3 heteroatoms. The number of hydrogen-bond acceptors (Lipinski definition) is 3. The van der Waals surface area contributed by atoms with Crippen molar-refractivity contribution in [3.8, 4) is 5.75 Å². The lowest BCUT2D eigenvalue weighted by atomic mass is 9.78. The van der Waals surface area contributed by atoms with E-state index < -0.39 is 5.97 Å². The van der Waals surface area contributed by atoms with Gasteiger partial charge in [0.2, 0.25) is 0 Å². The summed E-state index contributed by atoms with van der Waals surface area (Å²) in [6.07, 6.45) is -0.133. The van der Waals surface area contributed by atoms with Gasteiger partial charge >= 0.3 is 0 Å². The van der Waals surface area contributed by atoms with Crippen LogP contribution in [0.15, 0.2) is 12.1 Å². The van der Waals surface area contributed by atoms with Gasteiger partial charge in [-0.3, -0.25) is 0 Å². The van der Waals surface area contributed by atoms with Crippen LogP contribution in [0.3, 0.4) is 0 Å². The van der Waals surface area contributed by atoms with Crippen LogP contribution in [0.4, 0.5) is 0 Å². The first-order chi connectivity index (χ1) is 8.43. The van der Waals surface area contributed by atoms with Crippen LogP contribution >= 0.6 is 0 Å². The minimum absolute atomic E-state index is 0.133. The molecule has 0 saturated heterocycles. The first-order valence-corrected chi connectivity index (χ1v) is 6.49. The summed E-state index contributed by atoms with van der Waals surface area (Å²) in [7, 11) is 0. The van der Waals surface area contributed by atoms with Gasteiger partial charge in [-0.25, -0.2) is 0 Å². The van der Waals surface area contributed by atoms with Gasteiger partial charge in [0.05, 0.1) is 0 Å². The minimum Gasteiger partial charge on any atom is -0.550 e. The fourth-order valence-corrected chi connectivity index (χ4v) is 2.11. The molecule has 1 N–H and O–H groups in total. The van der Waals surface area contributed by atoms with Gasteiger partial charge in [-0.15, -0.1) is 0 Å². The van der Waals surface area contributed by atoms with E-state index in [1.54, 1.807) is 12.1 Å². The number of rotatable bonds is 2. The van der Waals surface area contributed by atoms with Crippen molar-refractivity contribution in [1.82, 2.24) is 0 Å². The molecule has 0 aliphatic rings. The zero-order valence-electron chi connectivity index (χ0n) is 12.6. The van der Waals surface area contributed by atoms with E-state index in [4.69, 9.17) is 0 Å². The summed E-state index contributed by atoms with van der Waals surface area (Å²) >= 11 is 0. The Balaban J connectivity index is 3.52. The highest BCUT2D eigenvalue weighted by atomic mass is 16.4.